The van der Waals surface area contributed by atoms with E-state index in [4.69, 9.17) is 4.74 Å². The van der Waals surface area contributed by atoms with Gasteiger partial charge in [0.05, 0.1) is 24.5 Å². The summed E-state index contributed by atoms with van der Waals surface area (Å²) in [6.07, 6.45) is -5.14. The van der Waals surface area contributed by atoms with E-state index in [2.05, 4.69) is 5.32 Å². The van der Waals surface area contributed by atoms with E-state index in [0.717, 1.165) is 12.1 Å². The molecule has 144 valence electrons. The van der Waals surface area contributed by atoms with Crippen LogP contribution in [-0.4, -0.2) is 35.6 Å². The minimum absolute atomic E-state index is 0.0971. The van der Waals surface area contributed by atoms with Crippen molar-refractivity contribution in [3.05, 3.63) is 35.4 Å². The summed E-state index contributed by atoms with van der Waals surface area (Å²) in [4.78, 5) is 34.8. The molecule has 2 N–H and O–H groups in total. The number of carbonyl (C=O) groups is 3. The maximum atomic E-state index is 12.7. The second-order valence-electron chi connectivity index (χ2n) is 5.72. The van der Waals surface area contributed by atoms with Crippen molar-refractivity contribution in [3.8, 4) is 0 Å². The van der Waals surface area contributed by atoms with Gasteiger partial charge >= 0.3 is 18.1 Å². The Morgan fingerprint density at radius 3 is 2.46 bits per heavy atom. The SMILES string of the molecule is CCOC(=O)[C@H](C)C[C@H](NC(=O)Cc1cccc(C(F)(F)F)c1)C(=O)O. The highest BCUT2D eigenvalue weighted by Crippen LogP contribution is 2.29. The second-order valence-corrected chi connectivity index (χ2v) is 5.72. The summed E-state index contributed by atoms with van der Waals surface area (Å²) in [6, 6.07) is 2.86. The van der Waals surface area contributed by atoms with E-state index in [1.807, 2.05) is 0 Å². The van der Waals surface area contributed by atoms with Crippen molar-refractivity contribution in [1.82, 2.24) is 5.32 Å². The summed E-state index contributed by atoms with van der Waals surface area (Å²) in [5.41, 5.74) is -0.798. The van der Waals surface area contributed by atoms with Crippen LogP contribution < -0.4 is 5.32 Å². The number of aliphatic carboxylic acids is 1. The molecule has 1 rings (SSSR count). The molecule has 1 aromatic carbocycles. The van der Waals surface area contributed by atoms with Crippen molar-refractivity contribution < 1.29 is 37.4 Å². The van der Waals surface area contributed by atoms with Gasteiger partial charge in [0, 0.05) is 0 Å². The number of esters is 1. The first-order valence-electron chi connectivity index (χ1n) is 7.89. The van der Waals surface area contributed by atoms with Crippen molar-refractivity contribution in [2.75, 3.05) is 6.61 Å². The highest BCUT2D eigenvalue weighted by Gasteiger charge is 2.31. The van der Waals surface area contributed by atoms with Gasteiger partial charge in [-0.2, -0.15) is 13.2 Å². The summed E-state index contributed by atoms with van der Waals surface area (Å²) in [5.74, 6) is -3.46. The van der Waals surface area contributed by atoms with E-state index in [9.17, 15) is 32.7 Å². The van der Waals surface area contributed by atoms with Crippen molar-refractivity contribution in [2.45, 2.75) is 38.9 Å². The van der Waals surface area contributed by atoms with Gasteiger partial charge < -0.3 is 15.2 Å². The van der Waals surface area contributed by atoms with Gasteiger partial charge in [-0.05, 0) is 25.0 Å². The molecule has 0 bridgehead atoms. The normalized spacial score (nSPS) is 13.6. The molecule has 9 heteroatoms. The Morgan fingerprint density at radius 1 is 1.27 bits per heavy atom. The molecule has 0 saturated heterocycles. The molecule has 0 saturated carbocycles. The van der Waals surface area contributed by atoms with Crippen molar-refractivity contribution in [1.29, 1.82) is 0 Å². The predicted octanol–water partition coefficient (Wildman–Crippen LogP) is 2.41. The number of amides is 1. The number of carboxylic acids is 1. The number of nitrogens with one attached hydrogen (secondary N) is 1. The lowest BCUT2D eigenvalue weighted by atomic mass is 10.0. The molecular weight excluding hydrogens is 355 g/mol. The fourth-order valence-electron chi connectivity index (χ4n) is 2.24. The number of ether oxygens (including phenoxy) is 1. The van der Waals surface area contributed by atoms with Crippen LogP contribution in [0.5, 0.6) is 0 Å². The maximum Gasteiger partial charge on any atom is 0.416 e. The largest absolute Gasteiger partial charge is 0.480 e. The monoisotopic (exact) mass is 375 g/mol. The van der Waals surface area contributed by atoms with E-state index >= 15 is 0 Å². The van der Waals surface area contributed by atoms with Crippen LogP contribution in [-0.2, 0) is 31.7 Å². The molecule has 6 nitrogen and oxygen atoms in total. The molecule has 0 radical (unpaired) electrons. The first kappa shape index (κ1) is 21.5. The van der Waals surface area contributed by atoms with Gasteiger partial charge in [-0.25, -0.2) is 4.79 Å². The lowest BCUT2D eigenvalue weighted by Crippen LogP contribution is -2.43. The third-order valence-corrected chi connectivity index (χ3v) is 3.53. The lowest BCUT2D eigenvalue weighted by molar-refractivity contribution is -0.149. The molecule has 0 unspecified atom stereocenters. The van der Waals surface area contributed by atoms with E-state index in [-0.39, 0.29) is 18.6 Å². The zero-order valence-corrected chi connectivity index (χ0v) is 14.3. The Balaban J connectivity index is 2.74. The molecule has 0 aromatic heterocycles. The standard InChI is InChI=1S/C17H20F3NO5/c1-3-26-16(25)10(2)7-13(15(23)24)21-14(22)9-11-5-4-6-12(8-11)17(18,19)20/h4-6,8,10,13H,3,7,9H2,1-2H3,(H,21,22)(H,23,24)/t10-,13+/m1/s1. The summed E-state index contributed by atoms with van der Waals surface area (Å²) in [5, 5.41) is 11.4. The smallest absolute Gasteiger partial charge is 0.416 e. The third kappa shape index (κ3) is 6.73. The summed E-state index contributed by atoms with van der Waals surface area (Å²) >= 11 is 0. The fraction of sp³-hybridized carbons (Fsp3) is 0.471. The van der Waals surface area contributed by atoms with Crippen LogP contribution in [0.25, 0.3) is 0 Å². The molecule has 0 spiro atoms. The van der Waals surface area contributed by atoms with E-state index in [1.54, 1.807) is 6.92 Å². The summed E-state index contributed by atoms with van der Waals surface area (Å²) < 4.78 is 42.8. The zero-order valence-electron chi connectivity index (χ0n) is 14.3. The van der Waals surface area contributed by atoms with Gasteiger partial charge in [-0.1, -0.05) is 25.1 Å². The first-order valence-corrected chi connectivity index (χ1v) is 7.89. The van der Waals surface area contributed by atoms with Crippen LogP contribution in [0, 0.1) is 5.92 Å². The van der Waals surface area contributed by atoms with Crippen LogP contribution in [0.2, 0.25) is 0 Å². The third-order valence-electron chi connectivity index (χ3n) is 3.53. The topological polar surface area (TPSA) is 92.7 Å². The molecule has 0 aliphatic heterocycles. The number of hydrogen-bond donors (Lipinski definition) is 2. The Hall–Kier alpha value is -2.58. The maximum absolute atomic E-state index is 12.7. The van der Waals surface area contributed by atoms with E-state index in [1.165, 1.54) is 19.1 Å². The molecular formula is C17H20F3NO5. The highest BCUT2D eigenvalue weighted by atomic mass is 19.4. The molecule has 2 atom stereocenters. The lowest BCUT2D eigenvalue weighted by Gasteiger charge is -2.18. The van der Waals surface area contributed by atoms with Crippen LogP contribution in [0.3, 0.4) is 0 Å². The average molecular weight is 375 g/mol. The molecule has 0 heterocycles. The van der Waals surface area contributed by atoms with Gasteiger partial charge in [0.15, 0.2) is 0 Å². The zero-order chi connectivity index (χ0) is 19.9. The van der Waals surface area contributed by atoms with Crippen LogP contribution in [0.1, 0.15) is 31.4 Å². The van der Waals surface area contributed by atoms with Gasteiger partial charge in [-0.3, -0.25) is 9.59 Å². The minimum Gasteiger partial charge on any atom is -0.480 e. The number of carbonyl (C=O) groups excluding carboxylic acids is 2. The second kappa shape index (κ2) is 9.21. The Bertz CT molecular complexity index is 660. The molecule has 0 fully saturated rings. The highest BCUT2D eigenvalue weighted by molar-refractivity contribution is 5.85. The quantitative estimate of drug-likeness (QED) is 0.681. The minimum atomic E-state index is -4.54. The number of carboxylic acid groups (broad SMARTS) is 1. The summed E-state index contributed by atoms with van der Waals surface area (Å²) in [7, 11) is 0. The molecule has 0 aliphatic carbocycles. The molecule has 26 heavy (non-hydrogen) atoms. The van der Waals surface area contributed by atoms with Crippen LogP contribution in [0.15, 0.2) is 24.3 Å². The fourth-order valence-corrected chi connectivity index (χ4v) is 2.24. The average Bonchev–Trinajstić information content (AvgIpc) is 2.53. The Labute approximate surface area is 148 Å². The molecule has 1 aromatic rings. The Morgan fingerprint density at radius 2 is 1.92 bits per heavy atom. The molecule has 0 aliphatic rings. The van der Waals surface area contributed by atoms with Gasteiger partial charge in [0.25, 0.3) is 0 Å². The predicted molar refractivity (Wildman–Crippen MR) is 85.1 cm³/mol. The number of halogens is 3. The number of rotatable bonds is 8. The van der Waals surface area contributed by atoms with Crippen LogP contribution in [0.4, 0.5) is 13.2 Å². The number of alkyl halides is 3. The van der Waals surface area contributed by atoms with Crippen molar-refractivity contribution >= 4 is 17.8 Å². The van der Waals surface area contributed by atoms with Gasteiger partial charge in [0.2, 0.25) is 5.91 Å². The van der Waals surface area contributed by atoms with Crippen molar-refractivity contribution in [3.63, 3.8) is 0 Å². The van der Waals surface area contributed by atoms with E-state index in [0.29, 0.717) is 0 Å². The van der Waals surface area contributed by atoms with Gasteiger partial charge in [0.1, 0.15) is 6.04 Å². The van der Waals surface area contributed by atoms with Crippen molar-refractivity contribution in [2.24, 2.45) is 5.92 Å². The first-order chi connectivity index (χ1) is 12.0. The molecule has 1 amide bonds. The Kier molecular flexibility index (Phi) is 7.60. The van der Waals surface area contributed by atoms with Gasteiger partial charge in [-0.15, -0.1) is 0 Å². The summed E-state index contributed by atoms with van der Waals surface area (Å²) in [6.45, 7) is 3.21. The van der Waals surface area contributed by atoms with E-state index < -0.39 is 48.0 Å². The van der Waals surface area contributed by atoms with Crippen LogP contribution >= 0.6 is 0 Å². The number of benzene rings is 1. The number of hydrogen-bond acceptors (Lipinski definition) is 4.